The van der Waals surface area contributed by atoms with Crippen molar-refractivity contribution in [1.29, 1.82) is 0 Å². The summed E-state index contributed by atoms with van der Waals surface area (Å²) >= 11 is 1.56. The highest BCUT2D eigenvalue weighted by molar-refractivity contribution is 7.99. The van der Waals surface area contributed by atoms with Gasteiger partial charge in [-0.3, -0.25) is 4.79 Å². The van der Waals surface area contributed by atoms with Crippen LogP contribution in [0.3, 0.4) is 0 Å². The maximum Gasteiger partial charge on any atom is 0.233 e. The van der Waals surface area contributed by atoms with Crippen LogP contribution in [0.5, 0.6) is 5.75 Å². The second-order valence-corrected chi connectivity index (χ2v) is 8.17. The zero-order chi connectivity index (χ0) is 19.4. The number of aromatic nitrogens is 2. The first-order valence-electron chi connectivity index (χ1n) is 9.55. The summed E-state index contributed by atoms with van der Waals surface area (Å²) in [5.74, 6) is 1.31. The maximum atomic E-state index is 12.7. The highest BCUT2D eigenvalue weighted by Crippen LogP contribution is 2.35. The summed E-state index contributed by atoms with van der Waals surface area (Å²) in [5, 5.41) is 0.982. The van der Waals surface area contributed by atoms with Crippen molar-refractivity contribution >= 4 is 17.7 Å². The number of aryl methyl sites for hydroxylation is 1. The summed E-state index contributed by atoms with van der Waals surface area (Å²) in [6.45, 7) is 4.74. The van der Waals surface area contributed by atoms with E-state index >= 15 is 0 Å². The molecule has 0 radical (unpaired) electrons. The van der Waals surface area contributed by atoms with Crippen LogP contribution in [0.4, 0.5) is 0 Å². The second-order valence-electron chi connectivity index (χ2n) is 7.22. The van der Waals surface area contributed by atoms with Crippen LogP contribution in [0.15, 0.2) is 29.4 Å². The summed E-state index contributed by atoms with van der Waals surface area (Å²) < 4.78 is 7.75. The zero-order valence-corrected chi connectivity index (χ0v) is 17.5. The molecule has 27 heavy (non-hydrogen) atoms. The first kappa shape index (κ1) is 19.8. The first-order valence-corrected chi connectivity index (χ1v) is 10.5. The van der Waals surface area contributed by atoms with Crippen LogP contribution in [0, 0.1) is 13.8 Å². The molecule has 6 heteroatoms. The molecule has 0 spiro atoms. The van der Waals surface area contributed by atoms with Gasteiger partial charge in [0.2, 0.25) is 5.91 Å². The fourth-order valence-corrected chi connectivity index (χ4v) is 4.80. The van der Waals surface area contributed by atoms with Gasteiger partial charge in [-0.05, 0) is 32.8 Å². The van der Waals surface area contributed by atoms with E-state index in [-0.39, 0.29) is 5.91 Å². The number of ether oxygens (including phenoxy) is 1. The maximum absolute atomic E-state index is 12.7. The minimum atomic E-state index is 0.0992. The van der Waals surface area contributed by atoms with Gasteiger partial charge >= 0.3 is 0 Å². The van der Waals surface area contributed by atoms with E-state index in [9.17, 15) is 4.79 Å². The molecule has 3 rings (SSSR count). The molecule has 5 nitrogen and oxygen atoms in total. The minimum Gasteiger partial charge on any atom is -0.496 e. The Bertz CT molecular complexity index is 797. The molecule has 0 bridgehead atoms. The molecule has 1 aliphatic carbocycles. The fraction of sp³-hybridized carbons (Fsp3) is 0.524. The van der Waals surface area contributed by atoms with Gasteiger partial charge in [-0.1, -0.05) is 42.8 Å². The Morgan fingerprint density at radius 1 is 1.30 bits per heavy atom. The Kier molecular flexibility index (Phi) is 6.47. The number of methoxy groups -OCH3 is 1. The number of benzene rings is 1. The van der Waals surface area contributed by atoms with Gasteiger partial charge in [0.25, 0.3) is 0 Å². The Balaban J connectivity index is 1.64. The van der Waals surface area contributed by atoms with E-state index in [4.69, 9.17) is 9.72 Å². The number of amides is 1. The minimum absolute atomic E-state index is 0.0992. The smallest absolute Gasteiger partial charge is 0.233 e. The molecular formula is C21H29N3O2S. The number of thioether (sulfide) groups is 1. The molecule has 1 aliphatic rings. The Morgan fingerprint density at radius 3 is 2.70 bits per heavy atom. The van der Waals surface area contributed by atoms with E-state index in [0.717, 1.165) is 22.2 Å². The van der Waals surface area contributed by atoms with Crippen molar-refractivity contribution in [2.45, 2.75) is 57.3 Å². The molecule has 0 atom stereocenters. The molecule has 1 fully saturated rings. The summed E-state index contributed by atoms with van der Waals surface area (Å²) in [4.78, 5) is 19.2. The van der Waals surface area contributed by atoms with Crippen LogP contribution in [-0.4, -0.2) is 40.3 Å². The van der Waals surface area contributed by atoms with Crippen molar-refractivity contribution in [2.24, 2.45) is 0 Å². The third-order valence-corrected chi connectivity index (χ3v) is 6.33. The normalized spacial score (nSPS) is 14.5. The monoisotopic (exact) mass is 387 g/mol. The standard InChI is InChI=1S/C21H29N3O2S/c1-15-16(2)24(18-10-6-7-11-18)21(22-15)27-14-20(25)23(3)13-17-9-5-8-12-19(17)26-4/h5,8-9,12,18H,6-7,10-11,13-14H2,1-4H3. The van der Waals surface area contributed by atoms with Gasteiger partial charge in [-0.15, -0.1) is 0 Å². The Morgan fingerprint density at radius 2 is 2.00 bits per heavy atom. The average Bonchev–Trinajstić information content (AvgIpc) is 3.28. The number of carbonyl (C=O) groups excluding carboxylic acids is 1. The largest absolute Gasteiger partial charge is 0.496 e. The zero-order valence-electron chi connectivity index (χ0n) is 16.7. The number of imidazole rings is 1. The lowest BCUT2D eigenvalue weighted by Crippen LogP contribution is -2.28. The number of para-hydroxylation sites is 1. The van der Waals surface area contributed by atoms with E-state index in [2.05, 4.69) is 18.4 Å². The second kappa shape index (κ2) is 8.83. The number of rotatable bonds is 7. The quantitative estimate of drug-likeness (QED) is 0.662. The number of nitrogens with zero attached hydrogens (tertiary/aromatic N) is 3. The number of carbonyl (C=O) groups is 1. The van der Waals surface area contributed by atoms with Crippen LogP contribution in [0.2, 0.25) is 0 Å². The van der Waals surface area contributed by atoms with Gasteiger partial charge < -0.3 is 14.2 Å². The van der Waals surface area contributed by atoms with Crippen molar-refractivity contribution in [2.75, 3.05) is 19.9 Å². The Labute approximate surface area is 166 Å². The van der Waals surface area contributed by atoms with Crippen LogP contribution >= 0.6 is 11.8 Å². The summed E-state index contributed by atoms with van der Waals surface area (Å²) in [7, 11) is 3.50. The van der Waals surface area contributed by atoms with Crippen molar-refractivity contribution in [1.82, 2.24) is 14.5 Å². The third-order valence-electron chi connectivity index (χ3n) is 5.39. The highest BCUT2D eigenvalue weighted by atomic mass is 32.2. The van der Waals surface area contributed by atoms with Crippen LogP contribution in [0.25, 0.3) is 0 Å². The molecule has 1 heterocycles. The van der Waals surface area contributed by atoms with Gasteiger partial charge in [0, 0.05) is 30.9 Å². The van der Waals surface area contributed by atoms with Crippen LogP contribution < -0.4 is 4.74 Å². The SMILES string of the molecule is COc1ccccc1CN(C)C(=O)CSc1nc(C)c(C)n1C1CCCC1. The van der Waals surface area contributed by atoms with E-state index in [0.29, 0.717) is 18.3 Å². The predicted octanol–water partition coefficient (Wildman–Crippen LogP) is 4.37. The molecule has 1 aromatic heterocycles. The molecule has 2 aromatic rings. The lowest BCUT2D eigenvalue weighted by Gasteiger charge is -2.20. The molecule has 0 unspecified atom stereocenters. The highest BCUT2D eigenvalue weighted by Gasteiger charge is 2.24. The van der Waals surface area contributed by atoms with Gasteiger partial charge in [0.15, 0.2) is 5.16 Å². The van der Waals surface area contributed by atoms with Gasteiger partial charge in [-0.2, -0.15) is 0 Å². The van der Waals surface area contributed by atoms with E-state index in [1.807, 2.05) is 31.3 Å². The molecule has 1 amide bonds. The molecule has 0 saturated heterocycles. The average molecular weight is 388 g/mol. The molecule has 1 saturated carbocycles. The summed E-state index contributed by atoms with van der Waals surface area (Å²) in [5.41, 5.74) is 3.32. The predicted molar refractivity (Wildman–Crippen MR) is 109 cm³/mol. The van der Waals surface area contributed by atoms with Crippen molar-refractivity contribution < 1.29 is 9.53 Å². The van der Waals surface area contributed by atoms with Gasteiger partial charge in [0.05, 0.1) is 18.6 Å². The van der Waals surface area contributed by atoms with Crippen LogP contribution in [-0.2, 0) is 11.3 Å². The van der Waals surface area contributed by atoms with Crippen molar-refractivity contribution in [3.8, 4) is 5.75 Å². The Hall–Kier alpha value is -1.95. The van der Waals surface area contributed by atoms with Crippen molar-refractivity contribution in [3.63, 3.8) is 0 Å². The van der Waals surface area contributed by atoms with Gasteiger partial charge in [0.1, 0.15) is 5.75 Å². The lowest BCUT2D eigenvalue weighted by molar-refractivity contribution is -0.127. The fourth-order valence-electron chi connectivity index (χ4n) is 3.70. The molecule has 1 aromatic carbocycles. The van der Waals surface area contributed by atoms with E-state index in [1.54, 1.807) is 23.8 Å². The van der Waals surface area contributed by atoms with Gasteiger partial charge in [-0.25, -0.2) is 4.98 Å². The summed E-state index contributed by atoms with van der Waals surface area (Å²) in [6.07, 6.45) is 5.00. The molecular weight excluding hydrogens is 358 g/mol. The lowest BCUT2D eigenvalue weighted by atomic mass is 10.2. The summed E-state index contributed by atoms with van der Waals surface area (Å²) in [6, 6.07) is 8.36. The van der Waals surface area contributed by atoms with Crippen LogP contribution in [0.1, 0.15) is 48.7 Å². The third kappa shape index (κ3) is 4.49. The molecule has 146 valence electrons. The first-order chi connectivity index (χ1) is 13.0. The number of hydrogen-bond acceptors (Lipinski definition) is 4. The molecule has 0 aliphatic heterocycles. The number of hydrogen-bond donors (Lipinski definition) is 0. The van der Waals surface area contributed by atoms with E-state index < -0.39 is 0 Å². The van der Waals surface area contributed by atoms with Crippen molar-refractivity contribution in [3.05, 3.63) is 41.2 Å². The molecule has 0 N–H and O–H groups in total. The topological polar surface area (TPSA) is 47.4 Å². The van der Waals surface area contributed by atoms with E-state index in [1.165, 1.54) is 31.4 Å².